The summed E-state index contributed by atoms with van der Waals surface area (Å²) in [5.74, 6) is -0.375. The number of aliphatic carboxylic acids is 3. The van der Waals surface area contributed by atoms with Crippen LogP contribution in [0.4, 0.5) is 0 Å². The van der Waals surface area contributed by atoms with Crippen molar-refractivity contribution in [2.75, 3.05) is 103 Å². The van der Waals surface area contributed by atoms with Crippen LogP contribution in [0.25, 0.3) is 33.4 Å². The summed E-state index contributed by atoms with van der Waals surface area (Å²) in [5.41, 5.74) is 6.16. The van der Waals surface area contributed by atoms with Gasteiger partial charge in [0.25, 0.3) is 0 Å². The Morgan fingerprint density at radius 2 is 0.690 bits per heavy atom. The third kappa shape index (κ3) is 28.0. The number of benzene rings is 6. The monoisotopic (exact) mass is 1200 g/mol. The van der Waals surface area contributed by atoms with Gasteiger partial charge in [0, 0.05) is 25.2 Å². The molecule has 468 valence electrons. The van der Waals surface area contributed by atoms with E-state index in [1.54, 1.807) is 21.3 Å². The number of likely N-dealkylation sites (N-methyl/N-ethyl adjacent to an activating group) is 3. The van der Waals surface area contributed by atoms with Crippen molar-refractivity contribution in [2.45, 2.75) is 56.8 Å². The Balaban J connectivity index is 0.000000279. The molecule has 0 aliphatic heterocycles. The molecule has 0 spiro atoms. The maximum Gasteiger partial charge on any atom is 0.306 e. The number of carboxylic acid groups (broad SMARTS) is 3. The highest BCUT2D eigenvalue weighted by Gasteiger charge is 2.21. The zero-order valence-corrected chi connectivity index (χ0v) is 50.9. The fourth-order valence-electron chi connectivity index (χ4n) is 8.21. The molecule has 0 saturated carbocycles. The van der Waals surface area contributed by atoms with Crippen LogP contribution in [0.5, 0.6) is 34.5 Å². The first kappa shape index (κ1) is 70.3. The molecule has 0 aliphatic carbocycles. The number of rotatable bonds is 33. The molecule has 0 saturated heterocycles. The highest BCUT2D eigenvalue weighted by Crippen LogP contribution is 2.31. The van der Waals surface area contributed by atoms with Crippen LogP contribution in [0.2, 0.25) is 0 Å². The number of ether oxygens (including phenoxy) is 9. The van der Waals surface area contributed by atoms with Crippen molar-refractivity contribution in [1.29, 1.82) is 0 Å². The fourth-order valence-corrected chi connectivity index (χ4v) is 8.21. The highest BCUT2D eigenvalue weighted by atomic mass is 16.6. The topological polar surface area (TPSA) is 256 Å². The molecule has 0 aliphatic rings. The quantitative estimate of drug-likeness (QED) is 0.0256. The van der Waals surface area contributed by atoms with Crippen LogP contribution in [0.1, 0.15) is 38.5 Å². The van der Waals surface area contributed by atoms with Crippen LogP contribution < -0.4 is 28.4 Å². The van der Waals surface area contributed by atoms with Gasteiger partial charge in [-0.2, -0.15) is 0 Å². The minimum absolute atomic E-state index is 0.157. The van der Waals surface area contributed by atoms with Gasteiger partial charge in [-0.15, -0.1) is 0 Å². The van der Waals surface area contributed by atoms with Crippen molar-refractivity contribution in [3.05, 3.63) is 146 Å². The van der Waals surface area contributed by atoms with E-state index in [0.29, 0.717) is 36.9 Å². The number of hydrogen-bond acceptors (Lipinski definition) is 18. The normalized spacial score (nSPS) is 11.7. The lowest BCUT2D eigenvalue weighted by Crippen LogP contribution is -2.35. The summed E-state index contributed by atoms with van der Waals surface area (Å²) < 4.78 is 49.3. The smallest absolute Gasteiger partial charge is 0.306 e. The Labute approximate surface area is 508 Å². The van der Waals surface area contributed by atoms with Crippen molar-refractivity contribution >= 4 is 35.8 Å². The van der Waals surface area contributed by atoms with Crippen LogP contribution in [0.3, 0.4) is 0 Å². The second kappa shape index (κ2) is 38.0. The average Bonchev–Trinajstić information content (AvgIpc) is 3.53. The summed E-state index contributed by atoms with van der Waals surface area (Å²) in [6.45, 7) is 1.95. The number of carbonyl (C=O) groups excluding carboxylic acids is 3. The van der Waals surface area contributed by atoms with Crippen molar-refractivity contribution in [2.24, 2.45) is 0 Å². The molecule has 0 radical (unpaired) electrons. The van der Waals surface area contributed by atoms with E-state index in [-0.39, 0.29) is 58.3 Å². The standard InChI is InChI=1S/3C22H27NO6/c1-23(2)14-20(29-22(26)13-12-21(24)25)15-28-19-10-6-17(7-11-19)16-4-8-18(27-3)9-5-16;1-23(2)14-20(29-22(26)12-11-21(24)25)15-28-18-9-7-16(8-10-18)17-5-4-6-19(13-17)27-3;1-23(2)14-18(29-22(26)13-12-21(24)25)15-28-17-10-8-16(9-11-17)19-6-4-5-7-20(19)27-3/h4-11,20H,12-15H2,1-3H3,(H,24,25);4-10,13,20H,11-12,14-15H2,1-3H3,(H,24,25);4-11,18H,12-15H2,1-3H3,(H,24,25). The summed E-state index contributed by atoms with van der Waals surface area (Å²) in [4.78, 5) is 72.9. The fraction of sp³-hybridized carbons (Fsp3) is 0.364. The predicted molar refractivity (Wildman–Crippen MR) is 328 cm³/mol. The first-order chi connectivity index (χ1) is 41.6. The summed E-state index contributed by atoms with van der Waals surface area (Å²) >= 11 is 0. The molecule has 3 N–H and O–H groups in total. The van der Waals surface area contributed by atoms with E-state index in [1.807, 2.05) is 203 Å². The molecule has 87 heavy (non-hydrogen) atoms. The minimum atomic E-state index is -1.03. The minimum Gasteiger partial charge on any atom is -0.497 e. The number of carboxylic acids is 3. The largest absolute Gasteiger partial charge is 0.497 e. The lowest BCUT2D eigenvalue weighted by molar-refractivity contribution is -0.154. The molecule has 6 rings (SSSR count). The molecule has 0 heterocycles. The molecule has 6 aromatic carbocycles. The summed E-state index contributed by atoms with van der Waals surface area (Å²) in [6, 6.07) is 46.1. The Bertz CT molecular complexity index is 3040. The van der Waals surface area contributed by atoms with Crippen molar-refractivity contribution in [3.8, 4) is 67.9 Å². The van der Waals surface area contributed by atoms with Crippen LogP contribution in [0.15, 0.2) is 146 Å². The molecule has 3 atom stereocenters. The first-order valence-corrected chi connectivity index (χ1v) is 27.9. The lowest BCUT2D eigenvalue weighted by Gasteiger charge is -2.22. The van der Waals surface area contributed by atoms with Gasteiger partial charge in [-0.3, -0.25) is 28.8 Å². The van der Waals surface area contributed by atoms with Gasteiger partial charge in [0.05, 0.1) is 59.9 Å². The molecular formula is C66H81N3O18. The van der Waals surface area contributed by atoms with Crippen LogP contribution in [0, 0.1) is 0 Å². The molecule has 0 aromatic heterocycles. The van der Waals surface area contributed by atoms with E-state index < -0.39 is 54.1 Å². The van der Waals surface area contributed by atoms with Gasteiger partial charge in [-0.25, -0.2) is 0 Å². The van der Waals surface area contributed by atoms with Gasteiger partial charge < -0.3 is 72.7 Å². The van der Waals surface area contributed by atoms with Gasteiger partial charge in [0.2, 0.25) is 0 Å². The van der Waals surface area contributed by atoms with E-state index in [9.17, 15) is 28.8 Å². The number of carbonyl (C=O) groups is 6. The molecule has 21 nitrogen and oxygen atoms in total. The average molecular weight is 1200 g/mol. The maximum absolute atomic E-state index is 11.8. The second-order valence-corrected chi connectivity index (χ2v) is 20.5. The summed E-state index contributed by atoms with van der Waals surface area (Å²) in [6.07, 6.45) is -2.71. The highest BCUT2D eigenvalue weighted by molar-refractivity contribution is 5.78. The van der Waals surface area contributed by atoms with Gasteiger partial charge in [-0.1, -0.05) is 78.9 Å². The number of methoxy groups -OCH3 is 3. The maximum atomic E-state index is 11.8. The molecule has 0 fully saturated rings. The predicted octanol–water partition coefficient (Wildman–Crippen LogP) is 9.24. The molecule has 6 aromatic rings. The SMILES string of the molecule is COc1ccc(-c2ccc(OCC(CN(C)C)OC(=O)CCC(=O)O)cc2)cc1.COc1cccc(-c2ccc(OCC(CN(C)C)OC(=O)CCC(=O)O)cc2)c1.COc1ccccc1-c1ccc(OCC(CN(C)C)OC(=O)CCC(=O)O)cc1. The van der Waals surface area contributed by atoms with E-state index in [0.717, 1.165) is 50.6 Å². The number of nitrogens with zero attached hydrogens (tertiary/aromatic N) is 3. The third-order valence-corrected chi connectivity index (χ3v) is 12.3. The molecule has 21 heteroatoms. The molecule has 3 unspecified atom stereocenters. The van der Waals surface area contributed by atoms with E-state index in [2.05, 4.69) is 0 Å². The van der Waals surface area contributed by atoms with E-state index in [4.69, 9.17) is 58.0 Å². The Morgan fingerprint density at radius 1 is 0.356 bits per heavy atom. The zero-order chi connectivity index (χ0) is 63.7. The van der Waals surface area contributed by atoms with Crippen LogP contribution >= 0.6 is 0 Å². The third-order valence-electron chi connectivity index (χ3n) is 12.3. The van der Waals surface area contributed by atoms with Gasteiger partial charge in [0.1, 0.15) is 72.6 Å². The van der Waals surface area contributed by atoms with Crippen molar-refractivity contribution < 1.29 is 86.7 Å². The van der Waals surface area contributed by atoms with Crippen molar-refractivity contribution in [3.63, 3.8) is 0 Å². The van der Waals surface area contributed by atoms with Crippen molar-refractivity contribution in [1.82, 2.24) is 14.7 Å². The number of hydrogen-bond donors (Lipinski definition) is 3. The zero-order valence-electron chi connectivity index (χ0n) is 50.9. The van der Waals surface area contributed by atoms with Crippen LogP contribution in [-0.4, -0.2) is 187 Å². The number of esters is 3. The van der Waals surface area contributed by atoms with E-state index in [1.165, 1.54) is 0 Å². The Hall–Kier alpha value is -9.18. The van der Waals surface area contributed by atoms with Gasteiger partial charge in [-0.05, 0) is 137 Å². The Morgan fingerprint density at radius 3 is 1.02 bits per heavy atom. The summed E-state index contributed by atoms with van der Waals surface area (Å²) in [7, 11) is 16.1. The lowest BCUT2D eigenvalue weighted by atomic mass is 10.0. The first-order valence-electron chi connectivity index (χ1n) is 27.9. The Kier molecular flexibility index (Phi) is 30.7. The van der Waals surface area contributed by atoms with Crippen LogP contribution in [-0.2, 0) is 43.0 Å². The molecular weight excluding hydrogens is 1120 g/mol. The molecule has 0 amide bonds. The summed E-state index contributed by atoms with van der Waals surface area (Å²) in [5, 5.41) is 26.0. The van der Waals surface area contributed by atoms with Gasteiger partial charge in [0.15, 0.2) is 0 Å². The number of para-hydroxylation sites is 1. The van der Waals surface area contributed by atoms with Gasteiger partial charge >= 0.3 is 35.8 Å². The van der Waals surface area contributed by atoms with E-state index >= 15 is 0 Å². The molecule has 0 bridgehead atoms. The second-order valence-electron chi connectivity index (χ2n) is 20.5.